The molecule has 0 fully saturated rings. The number of rotatable bonds is 6. The third-order valence-electron chi connectivity index (χ3n) is 8.57. The normalized spacial score (nSPS) is 11.2. The Bertz CT molecular complexity index is 2260. The molecule has 7 aromatic rings. The topological polar surface area (TPSA) is 72.3 Å². The zero-order valence-corrected chi connectivity index (χ0v) is 34.2. The summed E-state index contributed by atoms with van der Waals surface area (Å²) in [5.74, 6) is 6.70. The molecule has 7 rings (SSSR count). The summed E-state index contributed by atoms with van der Waals surface area (Å²) in [7, 11) is 0. The van der Waals surface area contributed by atoms with E-state index in [2.05, 4.69) is 138 Å². The van der Waals surface area contributed by atoms with Crippen molar-refractivity contribution in [2.45, 2.75) is 44.0 Å². The summed E-state index contributed by atoms with van der Waals surface area (Å²) >= 11 is -0.0619. The first-order valence-corrected chi connectivity index (χ1v) is 24.4. The fraction of sp³-hybridized carbons (Fsp3) is 0.167. The summed E-state index contributed by atoms with van der Waals surface area (Å²) in [6, 6.07) is 39.1. The molecule has 3 heterocycles. The summed E-state index contributed by atoms with van der Waals surface area (Å²) in [4.78, 5) is 24.0. The number of hydrogen-bond donors (Lipinski definition) is 1. The third kappa shape index (κ3) is 7.98. The van der Waals surface area contributed by atoms with Gasteiger partial charge in [0.1, 0.15) is 0 Å². The maximum atomic E-state index is 11.2. The minimum Gasteiger partial charge on any atom is 0 e. The van der Waals surface area contributed by atoms with Crippen LogP contribution in [-0.2, 0) is 25.0 Å². The molecule has 0 saturated carbocycles. The molecule has 0 amide bonds. The van der Waals surface area contributed by atoms with Crippen LogP contribution >= 0.6 is 11.3 Å². The fourth-order valence-electron chi connectivity index (χ4n) is 6.03. The van der Waals surface area contributed by atoms with Gasteiger partial charge >= 0.3 is 127 Å². The molecular weight excluding hydrogens is 877 g/mol. The smallest absolute Gasteiger partial charge is 0 e. The Kier molecular flexibility index (Phi) is 11.9. The predicted molar refractivity (Wildman–Crippen MR) is 205 cm³/mol. The molecule has 0 atom stereocenters. The number of fused-ring (bicyclic) bond motifs is 3. The van der Waals surface area contributed by atoms with Crippen molar-refractivity contribution in [1.29, 1.82) is 0 Å². The van der Waals surface area contributed by atoms with Crippen LogP contribution in [0.25, 0.3) is 53.8 Å². The number of hydrogen-bond acceptors (Lipinski definition) is 6. The number of aryl methyl sites for hydroxylation is 1. The Hall–Kier alpha value is -3.98. The second kappa shape index (κ2) is 15.9. The van der Waals surface area contributed by atoms with Gasteiger partial charge in [-0.2, -0.15) is 11.3 Å². The quantitative estimate of drug-likeness (QED) is 0.0779. The minimum atomic E-state index is -1.90. The van der Waals surface area contributed by atoms with E-state index in [-0.39, 0.29) is 25.7 Å². The zero-order valence-electron chi connectivity index (χ0n) is 28.9. The molecule has 5 nitrogen and oxygen atoms in total. The van der Waals surface area contributed by atoms with Crippen molar-refractivity contribution in [3.63, 3.8) is 0 Å². The Labute approximate surface area is 314 Å². The number of thiophene rings is 1. The van der Waals surface area contributed by atoms with Gasteiger partial charge in [0, 0.05) is 31.0 Å². The number of nitrogens with zero attached hydrogens (tertiary/aromatic N) is 2. The molecule has 1 N–H and O–H groups in total. The Morgan fingerprint density at radius 1 is 0.900 bits per heavy atom. The molecular formula is C42H38GeIrN2O3S-2. The maximum absolute atomic E-state index is 11.2. The Morgan fingerprint density at radius 2 is 1.68 bits per heavy atom. The summed E-state index contributed by atoms with van der Waals surface area (Å²) in [5, 5.41) is 11.0. The number of benzene rings is 4. The molecule has 0 unspecified atom stereocenters. The SMILES string of the molecule is CC(C)c1ccnc(-c2[c-]ccc3c2sc2cccc(-c4ccccc4)c23)c1.Cc1cc(-c2[c-]cc(C(=O)OO)cc2)nc[c]1[Ge]([CH3])([CH3])[CH3].[Ir]. The second-order valence-electron chi connectivity index (χ2n) is 13.4. The minimum absolute atomic E-state index is 0. The number of pyridine rings is 2. The van der Waals surface area contributed by atoms with Gasteiger partial charge in [-0.1, -0.05) is 73.3 Å². The van der Waals surface area contributed by atoms with E-state index in [1.54, 1.807) is 12.1 Å². The van der Waals surface area contributed by atoms with Crippen molar-refractivity contribution < 1.29 is 35.0 Å². The van der Waals surface area contributed by atoms with Crippen molar-refractivity contribution in [3.8, 4) is 33.6 Å². The van der Waals surface area contributed by atoms with E-state index in [0.29, 0.717) is 5.92 Å². The van der Waals surface area contributed by atoms with E-state index in [4.69, 9.17) is 5.26 Å². The van der Waals surface area contributed by atoms with Crippen LogP contribution in [0.3, 0.4) is 0 Å². The molecule has 8 heteroatoms. The van der Waals surface area contributed by atoms with Gasteiger partial charge in [0.2, 0.25) is 0 Å². The van der Waals surface area contributed by atoms with Gasteiger partial charge in [0.25, 0.3) is 0 Å². The molecule has 0 saturated heterocycles. The zero-order chi connectivity index (χ0) is 34.7. The van der Waals surface area contributed by atoms with Crippen LogP contribution in [0.2, 0.25) is 17.3 Å². The van der Waals surface area contributed by atoms with E-state index in [0.717, 1.165) is 22.5 Å². The van der Waals surface area contributed by atoms with Gasteiger partial charge in [0.05, 0.1) is 0 Å². The first kappa shape index (κ1) is 37.3. The van der Waals surface area contributed by atoms with Crippen LogP contribution in [0.4, 0.5) is 0 Å². The van der Waals surface area contributed by atoms with Crippen molar-refractivity contribution in [3.05, 3.63) is 138 Å². The molecule has 0 aliphatic carbocycles. The largest absolute Gasteiger partial charge is 0 e. The van der Waals surface area contributed by atoms with E-state index in [9.17, 15) is 4.79 Å². The molecule has 0 bridgehead atoms. The third-order valence-corrected chi connectivity index (χ3v) is 14.3. The number of aromatic nitrogens is 2. The predicted octanol–water partition coefficient (Wildman–Crippen LogP) is 10.7. The average molecular weight is 916 g/mol. The molecule has 50 heavy (non-hydrogen) atoms. The molecule has 0 aliphatic heterocycles. The van der Waals surface area contributed by atoms with Crippen LogP contribution in [0.5, 0.6) is 0 Å². The fourth-order valence-corrected chi connectivity index (χ4v) is 10.9. The molecule has 255 valence electrons. The van der Waals surface area contributed by atoms with Gasteiger partial charge in [-0.15, -0.1) is 23.8 Å². The van der Waals surface area contributed by atoms with Crippen LogP contribution in [0.15, 0.2) is 109 Å². The molecule has 4 aromatic carbocycles. The van der Waals surface area contributed by atoms with Crippen molar-refractivity contribution in [2.24, 2.45) is 0 Å². The van der Waals surface area contributed by atoms with Crippen LogP contribution in [0, 0.1) is 19.1 Å². The maximum Gasteiger partial charge on any atom is 0 e. The van der Waals surface area contributed by atoms with Gasteiger partial charge in [0.15, 0.2) is 0 Å². The van der Waals surface area contributed by atoms with Gasteiger partial charge in [-0.25, -0.2) is 0 Å². The molecule has 0 aliphatic rings. The molecule has 0 spiro atoms. The van der Waals surface area contributed by atoms with Gasteiger partial charge < -0.3 is 4.98 Å². The number of carbonyl (C=O) groups is 1. The van der Waals surface area contributed by atoms with E-state index >= 15 is 0 Å². The van der Waals surface area contributed by atoms with E-state index < -0.39 is 19.2 Å². The van der Waals surface area contributed by atoms with Crippen molar-refractivity contribution in [2.75, 3.05) is 0 Å². The Morgan fingerprint density at radius 3 is 2.34 bits per heavy atom. The summed E-state index contributed by atoms with van der Waals surface area (Å²) in [6.45, 7) is 6.54. The van der Waals surface area contributed by atoms with Crippen LogP contribution in [0.1, 0.15) is 41.3 Å². The first-order valence-electron chi connectivity index (χ1n) is 16.3. The second-order valence-corrected chi connectivity index (χ2v) is 25.0. The Balaban J connectivity index is 0.000000199. The summed E-state index contributed by atoms with van der Waals surface area (Å²) < 4.78 is 3.95. The standard InChI is InChI=1S/C26H20NS.C16H18GeNO3.Ir/c1-17(2)19-14-15-27-23(16-19)21-11-6-12-22-25-20(18-8-4-3-5-9-18)10-7-13-24(25)28-26(21)22;1-11-9-15(18-10-14(11)17(2,3)4)12-5-7-13(8-6-12)16(19)21-20;/h3-10,12-17H,1-2H3;5,7-10,20H,1-4H3;/q2*-1;. The average Bonchev–Trinajstić information content (AvgIpc) is 3.51. The monoisotopic (exact) mass is 917 g/mol. The van der Waals surface area contributed by atoms with Crippen LogP contribution < -0.4 is 4.40 Å². The van der Waals surface area contributed by atoms with Crippen LogP contribution in [-0.4, -0.2) is 34.5 Å². The summed E-state index contributed by atoms with van der Waals surface area (Å²) in [5.41, 5.74) is 9.07. The summed E-state index contributed by atoms with van der Waals surface area (Å²) in [6.07, 6.45) is 3.88. The first-order chi connectivity index (χ1) is 23.5. The van der Waals surface area contributed by atoms with Crippen molar-refractivity contribution >= 4 is 55.1 Å². The van der Waals surface area contributed by atoms with Crippen molar-refractivity contribution in [1.82, 2.24) is 9.97 Å². The molecule has 3 aromatic heterocycles. The molecule has 1 radical (unpaired) electrons. The van der Waals surface area contributed by atoms with E-state index in [1.807, 2.05) is 29.8 Å². The van der Waals surface area contributed by atoms with E-state index in [1.165, 1.54) is 52.9 Å². The number of carbonyl (C=O) groups excluding carboxylic acids is 1. The van der Waals surface area contributed by atoms with Gasteiger partial charge in [-0.3, -0.25) is 0 Å². The van der Waals surface area contributed by atoms with Gasteiger partial charge in [-0.05, 0) is 45.0 Å².